The second kappa shape index (κ2) is 6.98. The van der Waals surface area contributed by atoms with Crippen molar-refractivity contribution in [2.24, 2.45) is 0 Å². The van der Waals surface area contributed by atoms with Crippen molar-refractivity contribution in [3.05, 3.63) is 53.5 Å². The number of nitrogens with zero attached hydrogens (tertiary/aromatic N) is 1. The number of hydrogen-bond acceptors (Lipinski definition) is 6. The van der Waals surface area contributed by atoms with Gasteiger partial charge in [0.1, 0.15) is 11.3 Å². The van der Waals surface area contributed by atoms with Gasteiger partial charge in [0, 0.05) is 12.6 Å². The molecular formula is C16H17NO6S. The molecule has 0 atom stereocenters. The number of Topliss-reactive ketones (excluding diaryl/α,β-unsaturated/α-hetero) is 1. The van der Waals surface area contributed by atoms with E-state index in [2.05, 4.69) is 4.74 Å². The van der Waals surface area contributed by atoms with Gasteiger partial charge in [0.15, 0.2) is 5.78 Å². The first-order chi connectivity index (χ1) is 11.3. The third-order valence-corrected chi connectivity index (χ3v) is 5.30. The molecule has 0 aliphatic heterocycles. The molecule has 0 fully saturated rings. The van der Waals surface area contributed by atoms with E-state index >= 15 is 0 Å². The minimum absolute atomic E-state index is 0.0428. The second-order valence-corrected chi connectivity index (χ2v) is 7.14. The van der Waals surface area contributed by atoms with Gasteiger partial charge in [0.25, 0.3) is 0 Å². The highest BCUT2D eigenvalue weighted by Crippen LogP contribution is 2.20. The number of rotatable bonds is 6. The van der Waals surface area contributed by atoms with Crippen LogP contribution in [0.25, 0.3) is 0 Å². The molecule has 128 valence electrons. The molecule has 24 heavy (non-hydrogen) atoms. The van der Waals surface area contributed by atoms with Crippen LogP contribution in [0.2, 0.25) is 0 Å². The van der Waals surface area contributed by atoms with Gasteiger partial charge in [-0.15, -0.1) is 0 Å². The van der Waals surface area contributed by atoms with Crippen LogP contribution in [0.4, 0.5) is 0 Å². The van der Waals surface area contributed by atoms with Crippen LogP contribution >= 0.6 is 0 Å². The van der Waals surface area contributed by atoms with Crippen LogP contribution in [0.3, 0.4) is 0 Å². The Balaban J connectivity index is 2.25. The molecule has 8 heteroatoms. The normalized spacial score (nSPS) is 11.5. The molecule has 0 unspecified atom stereocenters. The van der Waals surface area contributed by atoms with Gasteiger partial charge in [-0.05, 0) is 25.1 Å². The molecule has 0 N–H and O–H groups in total. The van der Waals surface area contributed by atoms with Crippen molar-refractivity contribution in [2.75, 3.05) is 14.2 Å². The Morgan fingerprint density at radius 2 is 1.79 bits per heavy atom. The Bertz CT molecular complexity index is 851. The lowest BCUT2D eigenvalue weighted by atomic mass is 10.2. The summed E-state index contributed by atoms with van der Waals surface area (Å²) in [6, 6.07) is 7.06. The lowest BCUT2D eigenvalue weighted by Gasteiger charge is -2.16. The smallest absolute Gasteiger partial charge is 0.341 e. The number of ether oxygens (including phenoxy) is 1. The molecule has 0 aliphatic carbocycles. The van der Waals surface area contributed by atoms with Gasteiger partial charge in [0.05, 0.1) is 24.8 Å². The van der Waals surface area contributed by atoms with Crippen LogP contribution in [-0.2, 0) is 21.3 Å². The number of ketones is 1. The summed E-state index contributed by atoms with van der Waals surface area (Å²) in [5, 5.41) is 0. The molecule has 1 aromatic carbocycles. The summed E-state index contributed by atoms with van der Waals surface area (Å²) in [4.78, 5) is 22.9. The first-order valence-electron chi connectivity index (χ1n) is 6.99. The van der Waals surface area contributed by atoms with Crippen LogP contribution in [0.5, 0.6) is 0 Å². The van der Waals surface area contributed by atoms with Crippen molar-refractivity contribution in [3.63, 3.8) is 0 Å². The van der Waals surface area contributed by atoms with E-state index in [1.165, 1.54) is 57.7 Å². The Kier molecular flexibility index (Phi) is 5.20. The van der Waals surface area contributed by atoms with Gasteiger partial charge >= 0.3 is 5.97 Å². The minimum atomic E-state index is -3.80. The van der Waals surface area contributed by atoms with Gasteiger partial charge in [-0.25, -0.2) is 13.2 Å². The SMILES string of the molecule is COC(=O)c1ccoc1CN(C)S(=O)(=O)c1ccc(C(C)=O)cc1. The predicted molar refractivity (Wildman–Crippen MR) is 85.1 cm³/mol. The molecule has 0 spiro atoms. The number of furan rings is 1. The van der Waals surface area contributed by atoms with E-state index in [1.54, 1.807) is 0 Å². The number of esters is 1. The highest BCUT2D eigenvalue weighted by Gasteiger charge is 2.25. The van der Waals surface area contributed by atoms with Gasteiger partial charge in [-0.1, -0.05) is 12.1 Å². The maximum Gasteiger partial charge on any atom is 0.341 e. The first-order valence-corrected chi connectivity index (χ1v) is 8.43. The van der Waals surface area contributed by atoms with Gasteiger partial charge in [0.2, 0.25) is 10.0 Å². The van der Waals surface area contributed by atoms with E-state index in [-0.39, 0.29) is 28.5 Å². The Morgan fingerprint density at radius 1 is 1.17 bits per heavy atom. The molecule has 7 nitrogen and oxygen atoms in total. The molecule has 0 radical (unpaired) electrons. The maximum atomic E-state index is 12.6. The van der Waals surface area contributed by atoms with E-state index in [0.29, 0.717) is 5.56 Å². The summed E-state index contributed by atoms with van der Waals surface area (Å²) >= 11 is 0. The van der Waals surface area contributed by atoms with Crippen LogP contribution in [0.1, 0.15) is 33.4 Å². The third-order valence-electron chi connectivity index (χ3n) is 3.49. The Hall–Kier alpha value is -2.45. The summed E-state index contributed by atoms with van der Waals surface area (Å²) in [5.41, 5.74) is 0.599. The molecule has 0 saturated heterocycles. The molecule has 0 saturated carbocycles. The summed E-state index contributed by atoms with van der Waals surface area (Å²) in [6.07, 6.45) is 1.30. The molecule has 2 rings (SSSR count). The highest BCUT2D eigenvalue weighted by molar-refractivity contribution is 7.89. The number of hydrogen-bond donors (Lipinski definition) is 0. The highest BCUT2D eigenvalue weighted by atomic mass is 32.2. The summed E-state index contributed by atoms with van der Waals surface area (Å²) in [6.45, 7) is 1.27. The topological polar surface area (TPSA) is 93.9 Å². The van der Waals surface area contributed by atoms with Crippen molar-refractivity contribution in [2.45, 2.75) is 18.4 Å². The van der Waals surface area contributed by atoms with Gasteiger partial charge < -0.3 is 9.15 Å². The Morgan fingerprint density at radius 3 is 2.33 bits per heavy atom. The quantitative estimate of drug-likeness (QED) is 0.584. The number of benzene rings is 1. The summed E-state index contributed by atoms with van der Waals surface area (Å²) in [5.74, 6) is -0.561. The molecular weight excluding hydrogens is 334 g/mol. The fourth-order valence-corrected chi connectivity index (χ4v) is 3.21. The van der Waals surface area contributed by atoms with E-state index in [9.17, 15) is 18.0 Å². The number of methoxy groups -OCH3 is 1. The number of sulfonamides is 1. The fraction of sp³-hybridized carbons (Fsp3) is 0.250. The van der Waals surface area contributed by atoms with E-state index in [1.807, 2.05) is 0 Å². The first kappa shape index (κ1) is 17.9. The van der Waals surface area contributed by atoms with Crippen molar-refractivity contribution in [1.29, 1.82) is 0 Å². The van der Waals surface area contributed by atoms with E-state index < -0.39 is 16.0 Å². The van der Waals surface area contributed by atoms with Crippen molar-refractivity contribution in [3.8, 4) is 0 Å². The lowest BCUT2D eigenvalue weighted by molar-refractivity contribution is 0.0597. The van der Waals surface area contributed by atoms with Crippen LogP contribution in [0.15, 0.2) is 45.9 Å². The number of carbonyl (C=O) groups is 2. The molecule has 0 aliphatic rings. The predicted octanol–water partition coefficient (Wildman–Crippen LogP) is 2.09. The van der Waals surface area contributed by atoms with Crippen LogP contribution in [-0.4, -0.2) is 38.6 Å². The standard InChI is InChI=1S/C16H17NO6S/c1-11(18)12-4-6-13(7-5-12)24(20,21)17(2)10-15-14(8-9-23-15)16(19)22-3/h4-9H,10H2,1-3H3. The molecule has 1 heterocycles. The van der Waals surface area contributed by atoms with Gasteiger partial charge in [-0.3, -0.25) is 4.79 Å². The molecule has 1 aromatic heterocycles. The largest absolute Gasteiger partial charge is 0.467 e. The second-order valence-electron chi connectivity index (χ2n) is 5.09. The number of carbonyl (C=O) groups excluding carboxylic acids is 2. The zero-order valence-electron chi connectivity index (χ0n) is 13.5. The van der Waals surface area contributed by atoms with Crippen molar-refractivity contribution in [1.82, 2.24) is 4.31 Å². The van der Waals surface area contributed by atoms with E-state index in [0.717, 1.165) is 4.31 Å². The maximum absolute atomic E-state index is 12.6. The average molecular weight is 351 g/mol. The van der Waals surface area contributed by atoms with Crippen LogP contribution < -0.4 is 0 Å². The minimum Gasteiger partial charge on any atom is -0.467 e. The van der Waals surface area contributed by atoms with E-state index in [4.69, 9.17) is 4.42 Å². The van der Waals surface area contributed by atoms with Crippen molar-refractivity contribution < 1.29 is 27.2 Å². The Labute approximate surface area is 139 Å². The molecule has 2 aromatic rings. The zero-order chi connectivity index (χ0) is 17.9. The lowest BCUT2D eigenvalue weighted by Crippen LogP contribution is -2.27. The third kappa shape index (κ3) is 3.55. The monoisotopic (exact) mass is 351 g/mol. The molecule has 0 amide bonds. The fourth-order valence-electron chi connectivity index (χ4n) is 2.08. The summed E-state index contributed by atoms with van der Waals surface area (Å²) in [7, 11) is -1.19. The van der Waals surface area contributed by atoms with Crippen LogP contribution in [0, 0.1) is 0 Å². The average Bonchev–Trinajstić information content (AvgIpc) is 3.02. The van der Waals surface area contributed by atoms with Crippen molar-refractivity contribution >= 4 is 21.8 Å². The zero-order valence-corrected chi connectivity index (χ0v) is 14.3. The molecule has 0 bridgehead atoms. The summed E-state index contributed by atoms with van der Waals surface area (Å²) < 4.78 is 36.0. The van der Waals surface area contributed by atoms with Gasteiger partial charge in [-0.2, -0.15) is 4.31 Å².